The van der Waals surface area contributed by atoms with Gasteiger partial charge in [-0.15, -0.1) is 11.3 Å². The molecule has 0 aliphatic carbocycles. The van der Waals surface area contributed by atoms with Crippen LogP contribution in [0.4, 0.5) is 0 Å². The Balaban J connectivity index is 1.58. The average Bonchev–Trinajstić information content (AvgIpc) is 2.99. The Bertz CT molecular complexity index is 409. The second kappa shape index (κ2) is 4.88. The summed E-state index contributed by atoms with van der Waals surface area (Å²) < 4.78 is 5.27. The Morgan fingerprint density at radius 1 is 1.59 bits per heavy atom. The van der Waals surface area contributed by atoms with Crippen LogP contribution in [0.2, 0.25) is 0 Å². The van der Waals surface area contributed by atoms with E-state index in [-0.39, 0.29) is 5.92 Å². The van der Waals surface area contributed by atoms with Gasteiger partial charge < -0.3 is 4.74 Å². The number of ether oxygens (including phenoxy) is 1. The monoisotopic (exact) mass is 251 g/mol. The summed E-state index contributed by atoms with van der Waals surface area (Å²) in [5, 5.41) is 2.15. The van der Waals surface area contributed by atoms with Crippen LogP contribution < -0.4 is 0 Å². The fourth-order valence-corrected chi connectivity index (χ4v) is 3.47. The maximum atomic E-state index is 12.0. The van der Waals surface area contributed by atoms with Crippen molar-refractivity contribution in [1.29, 1.82) is 0 Å². The number of nitrogens with zero attached hydrogens (tertiary/aromatic N) is 1. The van der Waals surface area contributed by atoms with Crippen molar-refractivity contribution in [2.75, 3.05) is 26.3 Å². The number of fused-ring (bicyclic) bond motifs is 1. The summed E-state index contributed by atoms with van der Waals surface area (Å²) in [5.74, 6) is 0.514. The van der Waals surface area contributed by atoms with Gasteiger partial charge in [0.2, 0.25) is 0 Å². The molecule has 92 valence electrons. The highest BCUT2D eigenvalue weighted by atomic mass is 32.1. The third-order valence-electron chi connectivity index (χ3n) is 3.65. The molecule has 1 atom stereocenters. The van der Waals surface area contributed by atoms with E-state index in [1.54, 1.807) is 0 Å². The highest BCUT2D eigenvalue weighted by Gasteiger charge is 2.26. The molecule has 1 fully saturated rings. The van der Waals surface area contributed by atoms with Crippen molar-refractivity contribution >= 4 is 17.1 Å². The predicted octanol–water partition coefficient (Wildman–Crippen LogP) is 1.71. The lowest BCUT2D eigenvalue weighted by Crippen LogP contribution is -2.36. The van der Waals surface area contributed by atoms with Crippen LogP contribution in [0.3, 0.4) is 0 Å². The van der Waals surface area contributed by atoms with Gasteiger partial charge in [0, 0.05) is 30.5 Å². The number of thiophene rings is 1. The molecule has 17 heavy (non-hydrogen) atoms. The van der Waals surface area contributed by atoms with E-state index in [1.165, 1.54) is 10.4 Å². The van der Waals surface area contributed by atoms with E-state index in [1.807, 2.05) is 11.3 Å². The number of ketones is 1. The van der Waals surface area contributed by atoms with E-state index in [0.717, 1.165) is 32.5 Å². The molecule has 4 heteroatoms. The molecule has 0 radical (unpaired) electrons. The first-order chi connectivity index (χ1) is 8.33. The van der Waals surface area contributed by atoms with Gasteiger partial charge in [0.15, 0.2) is 5.78 Å². The summed E-state index contributed by atoms with van der Waals surface area (Å²) in [6.07, 6.45) is 2.01. The smallest absolute Gasteiger partial charge is 0.152 e. The number of hydrogen-bond donors (Lipinski definition) is 0. The zero-order valence-corrected chi connectivity index (χ0v) is 10.7. The van der Waals surface area contributed by atoms with Crippen LogP contribution in [-0.4, -0.2) is 37.0 Å². The van der Waals surface area contributed by atoms with Gasteiger partial charge in [0.25, 0.3) is 0 Å². The summed E-state index contributed by atoms with van der Waals surface area (Å²) in [7, 11) is 0. The Labute approximate surface area is 105 Å². The van der Waals surface area contributed by atoms with Gasteiger partial charge in [-0.3, -0.25) is 9.69 Å². The SMILES string of the molecule is O=C(CN1CCc2sccc2C1)C1CCOC1. The van der Waals surface area contributed by atoms with Gasteiger partial charge in [-0.25, -0.2) is 0 Å². The van der Waals surface area contributed by atoms with E-state index in [2.05, 4.69) is 16.3 Å². The number of carbonyl (C=O) groups excluding carboxylic acids is 1. The first-order valence-electron chi connectivity index (χ1n) is 6.21. The summed E-state index contributed by atoms with van der Waals surface area (Å²) in [5.41, 5.74) is 1.41. The van der Waals surface area contributed by atoms with E-state index in [0.29, 0.717) is 18.9 Å². The van der Waals surface area contributed by atoms with Crippen molar-refractivity contribution in [3.8, 4) is 0 Å². The third kappa shape index (κ3) is 2.44. The van der Waals surface area contributed by atoms with E-state index >= 15 is 0 Å². The molecule has 3 rings (SSSR count). The molecular formula is C13H17NO2S. The van der Waals surface area contributed by atoms with Gasteiger partial charge in [-0.2, -0.15) is 0 Å². The van der Waals surface area contributed by atoms with Crippen molar-refractivity contribution in [2.45, 2.75) is 19.4 Å². The highest BCUT2D eigenvalue weighted by Crippen LogP contribution is 2.24. The molecule has 0 amide bonds. The quantitative estimate of drug-likeness (QED) is 0.819. The maximum absolute atomic E-state index is 12.0. The zero-order chi connectivity index (χ0) is 11.7. The maximum Gasteiger partial charge on any atom is 0.152 e. The number of carbonyl (C=O) groups is 1. The predicted molar refractivity (Wildman–Crippen MR) is 67.2 cm³/mol. The van der Waals surface area contributed by atoms with Gasteiger partial charge in [-0.05, 0) is 29.9 Å². The van der Waals surface area contributed by atoms with Crippen molar-refractivity contribution in [1.82, 2.24) is 4.90 Å². The molecule has 0 bridgehead atoms. The molecule has 0 spiro atoms. The second-order valence-corrected chi connectivity index (χ2v) is 5.86. The first-order valence-corrected chi connectivity index (χ1v) is 7.09. The van der Waals surface area contributed by atoms with Gasteiger partial charge >= 0.3 is 0 Å². The molecule has 3 nitrogen and oxygen atoms in total. The van der Waals surface area contributed by atoms with Gasteiger partial charge in [-0.1, -0.05) is 0 Å². The van der Waals surface area contributed by atoms with Crippen molar-refractivity contribution in [3.05, 3.63) is 21.9 Å². The molecule has 2 aliphatic rings. The van der Waals surface area contributed by atoms with Crippen LogP contribution in [0, 0.1) is 5.92 Å². The topological polar surface area (TPSA) is 29.5 Å². The summed E-state index contributed by atoms with van der Waals surface area (Å²) in [6, 6.07) is 2.19. The minimum atomic E-state index is 0.152. The van der Waals surface area contributed by atoms with E-state index < -0.39 is 0 Å². The Morgan fingerprint density at radius 3 is 3.35 bits per heavy atom. The van der Waals surface area contributed by atoms with Crippen molar-refractivity contribution in [2.24, 2.45) is 5.92 Å². The van der Waals surface area contributed by atoms with Crippen LogP contribution in [0.5, 0.6) is 0 Å². The summed E-state index contributed by atoms with van der Waals surface area (Å²) in [6.45, 7) is 3.95. The Kier molecular flexibility index (Phi) is 3.27. The van der Waals surface area contributed by atoms with E-state index in [9.17, 15) is 4.79 Å². The normalized spacial score (nSPS) is 24.8. The lowest BCUT2D eigenvalue weighted by atomic mass is 10.0. The second-order valence-electron chi connectivity index (χ2n) is 4.86. The van der Waals surface area contributed by atoms with Crippen LogP contribution in [0.1, 0.15) is 16.9 Å². The number of hydrogen-bond acceptors (Lipinski definition) is 4. The number of rotatable bonds is 3. The third-order valence-corrected chi connectivity index (χ3v) is 4.67. The molecule has 1 saturated heterocycles. The first kappa shape index (κ1) is 11.4. The van der Waals surface area contributed by atoms with Crippen LogP contribution in [-0.2, 0) is 22.5 Å². The Morgan fingerprint density at radius 2 is 2.53 bits per heavy atom. The highest BCUT2D eigenvalue weighted by molar-refractivity contribution is 7.10. The fourth-order valence-electron chi connectivity index (χ4n) is 2.58. The molecule has 1 aromatic rings. The summed E-state index contributed by atoms with van der Waals surface area (Å²) >= 11 is 1.84. The molecule has 0 aromatic carbocycles. The standard InChI is InChI=1S/C13H17NO2S/c15-12(11-2-5-16-9-11)8-14-4-1-13-10(7-14)3-6-17-13/h3,6,11H,1-2,4-5,7-9H2. The number of Topliss-reactive ketones (excluding diaryl/α,β-unsaturated/α-hetero) is 1. The minimum absolute atomic E-state index is 0.152. The lowest BCUT2D eigenvalue weighted by molar-refractivity contribution is -0.124. The van der Waals surface area contributed by atoms with Gasteiger partial charge in [0.05, 0.1) is 13.2 Å². The molecule has 0 N–H and O–H groups in total. The Hall–Kier alpha value is -0.710. The molecular weight excluding hydrogens is 234 g/mol. The largest absolute Gasteiger partial charge is 0.381 e. The van der Waals surface area contributed by atoms with E-state index in [4.69, 9.17) is 4.74 Å². The fraction of sp³-hybridized carbons (Fsp3) is 0.615. The van der Waals surface area contributed by atoms with Gasteiger partial charge in [0.1, 0.15) is 0 Å². The zero-order valence-electron chi connectivity index (χ0n) is 9.85. The molecule has 3 heterocycles. The average molecular weight is 251 g/mol. The molecule has 1 unspecified atom stereocenters. The van der Waals surface area contributed by atoms with Crippen molar-refractivity contribution in [3.63, 3.8) is 0 Å². The summed E-state index contributed by atoms with van der Waals surface area (Å²) in [4.78, 5) is 15.8. The van der Waals surface area contributed by atoms with Crippen LogP contribution in [0.25, 0.3) is 0 Å². The minimum Gasteiger partial charge on any atom is -0.381 e. The molecule has 2 aliphatic heterocycles. The van der Waals surface area contributed by atoms with Crippen LogP contribution >= 0.6 is 11.3 Å². The molecule has 0 saturated carbocycles. The molecule has 1 aromatic heterocycles. The lowest BCUT2D eigenvalue weighted by Gasteiger charge is -2.26. The van der Waals surface area contributed by atoms with Crippen LogP contribution in [0.15, 0.2) is 11.4 Å². The van der Waals surface area contributed by atoms with Crippen molar-refractivity contribution < 1.29 is 9.53 Å².